The fraction of sp³-hybridized carbons (Fsp3) is 0.412. The number of nitrogens with zero attached hydrogens (tertiary/aromatic N) is 2. The summed E-state index contributed by atoms with van der Waals surface area (Å²) in [6, 6.07) is 0.804. The normalized spacial score (nSPS) is 11.8. The number of rotatable bonds is 8. The van der Waals surface area contributed by atoms with Crippen molar-refractivity contribution in [3.63, 3.8) is 0 Å². The van der Waals surface area contributed by atoms with E-state index in [0.717, 1.165) is 0 Å². The van der Waals surface area contributed by atoms with E-state index in [1.54, 1.807) is 6.92 Å². The molecule has 9 nitrogen and oxygen atoms in total. The topological polar surface area (TPSA) is 124 Å². The lowest BCUT2D eigenvalue weighted by molar-refractivity contribution is -0.119. The molecule has 0 aliphatic rings. The Labute approximate surface area is 170 Å². The second-order valence-corrected chi connectivity index (χ2v) is 7.11. The van der Waals surface area contributed by atoms with Crippen LogP contribution < -0.4 is 10.1 Å². The van der Waals surface area contributed by atoms with Gasteiger partial charge in [-0.3, -0.25) is 4.79 Å². The van der Waals surface area contributed by atoms with Crippen molar-refractivity contribution in [2.45, 2.75) is 25.6 Å². The van der Waals surface area contributed by atoms with Crippen LogP contribution in [-0.4, -0.2) is 47.1 Å². The Morgan fingerprint density at radius 2 is 2.14 bits per heavy atom. The SMILES string of the molecule is COC(=O)c1c(Cl)c(OC)cc(O)c1CSCC(NC(C)=O)c1nc(C)no1. The number of thioether (sulfide) groups is 1. The van der Waals surface area contributed by atoms with Crippen LogP contribution in [0.3, 0.4) is 0 Å². The van der Waals surface area contributed by atoms with Gasteiger partial charge in [0.15, 0.2) is 5.82 Å². The molecule has 0 fully saturated rings. The monoisotopic (exact) mass is 429 g/mol. The molecule has 1 aromatic carbocycles. The molecule has 0 saturated heterocycles. The predicted octanol–water partition coefficient (Wildman–Crippen LogP) is 2.64. The van der Waals surface area contributed by atoms with Gasteiger partial charge in [0.05, 0.1) is 24.8 Å². The van der Waals surface area contributed by atoms with Gasteiger partial charge in [0.25, 0.3) is 0 Å². The van der Waals surface area contributed by atoms with E-state index in [0.29, 0.717) is 17.1 Å². The van der Waals surface area contributed by atoms with Crippen molar-refractivity contribution < 1.29 is 28.7 Å². The van der Waals surface area contributed by atoms with E-state index in [9.17, 15) is 14.7 Å². The number of ether oxygens (including phenoxy) is 2. The third kappa shape index (κ3) is 5.08. The maximum Gasteiger partial charge on any atom is 0.339 e. The summed E-state index contributed by atoms with van der Waals surface area (Å²) < 4.78 is 15.0. The molecule has 0 saturated carbocycles. The van der Waals surface area contributed by atoms with E-state index in [1.165, 1.54) is 39.0 Å². The molecule has 0 aliphatic carbocycles. The number of carbonyl (C=O) groups is 2. The van der Waals surface area contributed by atoms with Gasteiger partial charge >= 0.3 is 5.97 Å². The molecule has 1 aromatic heterocycles. The lowest BCUT2D eigenvalue weighted by Crippen LogP contribution is -2.28. The number of aryl methyl sites for hydroxylation is 1. The Bertz CT molecular complexity index is 873. The number of halogens is 1. The van der Waals surface area contributed by atoms with Gasteiger partial charge in [0, 0.05) is 30.1 Å². The van der Waals surface area contributed by atoms with Crippen LogP contribution in [0, 0.1) is 6.92 Å². The highest BCUT2D eigenvalue weighted by atomic mass is 35.5. The molecule has 11 heteroatoms. The van der Waals surface area contributed by atoms with E-state index in [2.05, 4.69) is 15.5 Å². The van der Waals surface area contributed by atoms with Gasteiger partial charge in [-0.2, -0.15) is 16.7 Å². The summed E-state index contributed by atoms with van der Waals surface area (Å²) in [5, 5.41) is 16.8. The minimum Gasteiger partial charge on any atom is -0.507 e. The predicted molar refractivity (Wildman–Crippen MR) is 103 cm³/mol. The fourth-order valence-corrected chi connectivity index (χ4v) is 3.82. The average molecular weight is 430 g/mol. The lowest BCUT2D eigenvalue weighted by atomic mass is 10.1. The smallest absolute Gasteiger partial charge is 0.339 e. The molecule has 0 aliphatic heterocycles. The number of phenolic OH excluding ortho intramolecular Hbond substituents is 1. The van der Waals surface area contributed by atoms with Gasteiger partial charge in [-0.1, -0.05) is 16.8 Å². The highest BCUT2D eigenvalue weighted by molar-refractivity contribution is 7.98. The molecule has 0 bridgehead atoms. The first kappa shape index (κ1) is 21.8. The maximum atomic E-state index is 12.2. The zero-order chi connectivity index (χ0) is 20.8. The molecule has 2 rings (SSSR count). The van der Waals surface area contributed by atoms with E-state index < -0.39 is 12.0 Å². The number of benzene rings is 1. The van der Waals surface area contributed by atoms with Crippen LogP contribution >= 0.6 is 23.4 Å². The van der Waals surface area contributed by atoms with Crippen LogP contribution in [-0.2, 0) is 15.3 Å². The number of hydrogen-bond donors (Lipinski definition) is 2. The summed E-state index contributed by atoms with van der Waals surface area (Å²) in [5.74, 6) is 0.333. The first-order chi connectivity index (χ1) is 13.3. The number of phenols is 1. The van der Waals surface area contributed by atoms with Gasteiger partial charge in [0.1, 0.15) is 17.5 Å². The van der Waals surface area contributed by atoms with Crippen LogP contribution in [0.5, 0.6) is 11.5 Å². The molecule has 2 N–H and O–H groups in total. The van der Waals surface area contributed by atoms with Crippen LogP contribution in [0.25, 0.3) is 0 Å². The quantitative estimate of drug-likeness (QED) is 0.609. The van der Waals surface area contributed by atoms with Crippen molar-refractivity contribution in [1.82, 2.24) is 15.5 Å². The van der Waals surface area contributed by atoms with Crippen molar-refractivity contribution in [2.24, 2.45) is 0 Å². The molecule has 1 amide bonds. The molecule has 1 atom stereocenters. The van der Waals surface area contributed by atoms with Gasteiger partial charge in [-0.05, 0) is 6.92 Å². The molecule has 28 heavy (non-hydrogen) atoms. The summed E-state index contributed by atoms with van der Waals surface area (Å²) in [6.07, 6.45) is 0. The summed E-state index contributed by atoms with van der Waals surface area (Å²) >= 11 is 7.56. The number of nitrogens with one attached hydrogen (secondary N) is 1. The Kier molecular flexibility index (Phi) is 7.53. The second kappa shape index (κ2) is 9.65. The number of carbonyl (C=O) groups excluding carboxylic acids is 2. The van der Waals surface area contributed by atoms with Crippen LogP contribution in [0.2, 0.25) is 5.02 Å². The number of amides is 1. The minimum absolute atomic E-state index is 0.0261. The zero-order valence-electron chi connectivity index (χ0n) is 15.7. The van der Waals surface area contributed by atoms with Crippen LogP contribution in [0.4, 0.5) is 0 Å². The van der Waals surface area contributed by atoms with E-state index in [4.69, 9.17) is 25.6 Å². The van der Waals surface area contributed by atoms with Gasteiger partial charge in [0.2, 0.25) is 11.8 Å². The molecule has 2 aromatic rings. The number of aromatic nitrogens is 2. The van der Waals surface area contributed by atoms with Crippen LogP contribution in [0.15, 0.2) is 10.6 Å². The Hall–Kier alpha value is -2.46. The van der Waals surface area contributed by atoms with E-state index in [-0.39, 0.29) is 39.6 Å². The van der Waals surface area contributed by atoms with E-state index in [1.807, 2.05) is 0 Å². The Morgan fingerprint density at radius 3 is 2.68 bits per heavy atom. The highest BCUT2D eigenvalue weighted by Gasteiger charge is 2.25. The number of methoxy groups -OCH3 is 2. The molecule has 152 valence electrons. The first-order valence-electron chi connectivity index (χ1n) is 8.10. The van der Waals surface area contributed by atoms with Crippen LogP contribution in [0.1, 0.15) is 40.6 Å². The van der Waals surface area contributed by atoms with Crippen molar-refractivity contribution >= 4 is 35.2 Å². The Balaban J connectivity index is 2.23. The molecular formula is C17H20ClN3O6S. The molecular weight excluding hydrogens is 410 g/mol. The fourth-order valence-electron chi connectivity index (χ4n) is 2.42. The third-order valence-corrected chi connectivity index (χ3v) is 5.11. The standard InChI is InChI=1S/C17H20ClN3O6S/c1-8-19-16(27-21-8)11(20-9(2)22)7-28-6-10-12(23)5-13(25-3)15(18)14(10)17(24)26-4/h5,11,23H,6-7H2,1-4H3,(H,20,22). The summed E-state index contributed by atoms with van der Waals surface area (Å²) in [6.45, 7) is 3.05. The summed E-state index contributed by atoms with van der Waals surface area (Å²) in [5.41, 5.74) is 0.323. The molecule has 0 radical (unpaired) electrons. The highest BCUT2D eigenvalue weighted by Crippen LogP contribution is 2.39. The average Bonchev–Trinajstić information content (AvgIpc) is 3.08. The van der Waals surface area contributed by atoms with Gasteiger partial charge in [-0.25, -0.2) is 4.79 Å². The van der Waals surface area contributed by atoms with Crippen molar-refractivity contribution in [3.8, 4) is 11.5 Å². The minimum atomic E-state index is -0.694. The summed E-state index contributed by atoms with van der Waals surface area (Å²) in [7, 11) is 2.59. The van der Waals surface area contributed by atoms with Gasteiger partial charge in [-0.15, -0.1) is 0 Å². The zero-order valence-corrected chi connectivity index (χ0v) is 17.3. The first-order valence-corrected chi connectivity index (χ1v) is 9.63. The second-order valence-electron chi connectivity index (χ2n) is 5.71. The molecule has 1 heterocycles. The maximum absolute atomic E-state index is 12.2. The van der Waals surface area contributed by atoms with E-state index >= 15 is 0 Å². The third-order valence-electron chi connectivity index (χ3n) is 3.67. The van der Waals surface area contributed by atoms with Crippen molar-refractivity contribution in [2.75, 3.05) is 20.0 Å². The number of hydrogen-bond acceptors (Lipinski definition) is 9. The lowest BCUT2D eigenvalue weighted by Gasteiger charge is -2.16. The number of esters is 1. The molecule has 1 unspecified atom stereocenters. The number of aromatic hydroxyl groups is 1. The molecule has 0 spiro atoms. The Morgan fingerprint density at radius 1 is 1.43 bits per heavy atom. The van der Waals surface area contributed by atoms with Crippen molar-refractivity contribution in [1.29, 1.82) is 0 Å². The largest absolute Gasteiger partial charge is 0.507 e. The summed E-state index contributed by atoms with van der Waals surface area (Å²) in [4.78, 5) is 27.8. The van der Waals surface area contributed by atoms with Crippen molar-refractivity contribution in [3.05, 3.63) is 33.9 Å². The van der Waals surface area contributed by atoms with Gasteiger partial charge < -0.3 is 24.4 Å².